The van der Waals surface area contributed by atoms with Crippen LogP contribution in [0.15, 0.2) is 89.5 Å². The number of amides is 1. The number of nitrogens with one attached hydrogen (secondary N) is 1. The molecule has 1 saturated heterocycles. The zero-order valence-electron chi connectivity index (χ0n) is 19.9. The van der Waals surface area contributed by atoms with Gasteiger partial charge in [0.05, 0.1) is 18.5 Å². The Morgan fingerprint density at radius 1 is 1.03 bits per heavy atom. The van der Waals surface area contributed by atoms with E-state index in [4.69, 9.17) is 4.52 Å². The molecule has 1 aliphatic rings. The van der Waals surface area contributed by atoms with Crippen molar-refractivity contribution in [3.8, 4) is 11.4 Å². The van der Waals surface area contributed by atoms with Gasteiger partial charge in [-0.3, -0.25) is 9.69 Å². The van der Waals surface area contributed by atoms with E-state index in [1.165, 1.54) is 0 Å². The lowest BCUT2D eigenvalue weighted by molar-refractivity contribution is -0.127. The van der Waals surface area contributed by atoms with E-state index in [1.807, 2.05) is 60.7 Å². The molecule has 178 valence electrons. The van der Waals surface area contributed by atoms with Crippen LogP contribution in [0.5, 0.6) is 0 Å². The molecule has 1 aromatic heterocycles. The van der Waals surface area contributed by atoms with E-state index in [2.05, 4.69) is 51.5 Å². The van der Waals surface area contributed by atoms with Gasteiger partial charge in [0.1, 0.15) is 0 Å². The zero-order valence-corrected chi connectivity index (χ0v) is 19.9. The van der Waals surface area contributed by atoms with E-state index in [-0.39, 0.29) is 17.9 Å². The number of carbonyl (C=O) groups excluding carboxylic acids is 1. The molecule has 1 fully saturated rings. The number of hydrogen-bond donors (Lipinski definition) is 1. The molecule has 5 rings (SSSR count). The number of nitrogens with zero attached hydrogens (tertiary/aromatic N) is 3. The van der Waals surface area contributed by atoms with Crippen LogP contribution in [0.4, 0.5) is 0 Å². The molecule has 35 heavy (non-hydrogen) atoms. The number of hydrogen-bond acceptors (Lipinski definition) is 5. The first-order chi connectivity index (χ1) is 17.2. The molecular formula is C29H30N4O2. The minimum atomic E-state index is -0.176. The summed E-state index contributed by atoms with van der Waals surface area (Å²) in [4.78, 5) is 20.3. The number of carbonyl (C=O) groups is 1. The van der Waals surface area contributed by atoms with Crippen molar-refractivity contribution in [2.75, 3.05) is 13.1 Å². The van der Waals surface area contributed by atoms with Crippen molar-refractivity contribution in [1.82, 2.24) is 20.4 Å². The minimum Gasteiger partial charge on any atom is -0.345 e. The van der Waals surface area contributed by atoms with Gasteiger partial charge in [-0.05, 0) is 43.0 Å². The summed E-state index contributed by atoms with van der Waals surface area (Å²) in [5.41, 5.74) is 4.31. The Kier molecular flexibility index (Phi) is 7.00. The van der Waals surface area contributed by atoms with Gasteiger partial charge in [0, 0.05) is 12.1 Å². The van der Waals surface area contributed by atoms with E-state index in [9.17, 15) is 4.79 Å². The lowest BCUT2D eigenvalue weighted by Crippen LogP contribution is -2.44. The molecule has 2 heterocycles. The van der Waals surface area contributed by atoms with Gasteiger partial charge in [-0.15, -0.1) is 0 Å². The fourth-order valence-corrected chi connectivity index (χ4v) is 4.78. The summed E-state index contributed by atoms with van der Waals surface area (Å²) >= 11 is 0. The molecule has 1 N–H and O–H groups in total. The van der Waals surface area contributed by atoms with Crippen molar-refractivity contribution >= 4 is 5.91 Å². The lowest BCUT2D eigenvalue weighted by atomic mass is 9.92. The van der Waals surface area contributed by atoms with Crippen LogP contribution in [0.2, 0.25) is 0 Å². The number of aromatic nitrogens is 2. The third kappa shape index (κ3) is 5.49. The Morgan fingerprint density at radius 3 is 2.51 bits per heavy atom. The van der Waals surface area contributed by atoms with E-state index < -0.39 is 0 Å². The SMILES string of the molecule is Cc1ccccc1C(NC(=O)C1CCCN(Cc2nc(-c3ccccc3)no2)C1)c1ccccc1. The van der Waals surface area contributed by atoms with Gasteiger partial charge >= 0.3 is 0 Å². The number of rotatable bonds is 7. The van der Waals surface area contributed by atoms with Crippen LogP contribution in [0.25, 0.3) is 11.4 Å². The Morgan fingerprint density at radius 2 is 1.74 bits per heavy atom. The molecule has 4 aromatic rings. The van der Waals surface area contributed by atoms with E-state index in [0.29, 0.717) is 24.8 Å². The number of likely N-dealkylation sites (tertiary alicyclic amines) is 1. The maximum absolute atomic E-state index is 13.5. The third-order valence-electron chi connectivity index (χ3n) is 6.65. The van der Waals surface area contributed by atoms with E-state index in [1.54, 1.807) is 0 Å². The van der Waals surface area contributed by atoms with Gasteiger partial charge in [0.2, 0.25) is 17.6 Å². The second kappa shape index (κ2) is 10.7. The van der Waals surface area contributed by atoms with Crippen LogP contribution in [0.1, 0.15) is 41.5 Å². The first-order valence-corrected chi connectivity index (χ1v) is 12.2. The highest BCUT2D eigenvalue weighted by molar-refractivity contribution is 5.80. The summed E-state index contributed by atoms with van der Waals surface area (Å²) in [6.45, 7) is 4.22. The van der Waals surface area contributed by atoms with E-state index in [0.717, 1.165) is 41.6 Å². The van der Waals surface area contributed by atoms with Crippen LogP contribution in [0, 0.1) is 12.8 Å². The molecule has 2 unspecified atom stereocenters. The van der Waals surface area contributed by atoms with Gasteiger partial charge in [0.25, 0.3) is 0 Å². The van der Waals surface area contributed by atoms with Crippen molar-refractivity contribution in [3.63, 3.8) is 0 Å². The largest absolute Gasteiger partial charge is 0.345 e. The van der Waals surface area contributed by atoms with Crippen LogP contribution in [-0.4, -0.2) is 34.0 Å². The highest BCUT2D eigenvalue weighted by Gasteiger charge is 2.29. The molecular weight excluding hydrogens is 436 g/mol. The first kappa shape index (κ1) is 23.0. The third-order valence-corrected chi connectivity index (χ3v) is 6.65. The highest BCUT2D eigenvalue weighted by Crippen LogP contribution is 2.27. The molecule has 1 aliphatic heterocycles. The predicted octanol–water partition coefficient (Wildman–Crippen LogP) is 5.16. The monoisotopic (exact) mass is 466 g/mol. The van der Waals surface area contributed by atoms with Crippen LogP contribution >= 0.6 is 0 Å². The topological polar surface area (TPSA) is 71.3 Å². The summed E-state index contributed by atoms with van der Waals surface area (Å²) in [6, 6.07) is 28.1. The van der Waals surface area contributed by atoms with Gasteiger partial charge in [-0.25, -0.2) is 0 Å². The summed E-state index contributed by atoms with van der Waals surface area (Å²) < 4.78 is 5.51. The first-order valence-electron chi connectivity index (χ1n) is 12.2. The smallest absolute Gasteiger partial charge is 0.241 e. The molecule has 0 radical (unpaired) electrons. The maximum Gasteiger partial charge on any atom is 0.241 e. The van der Waals surface area contributed by atoms with Gasteiger partial charge in [-0.1, -0.05) is 90.1 Å². The Balaban J connectivity index is 1.27. The zero-order chi connectivity index (χ0) is 24.0. The van der Waals surface area contributed by atoms with Crippen molar-refractivity contribution in [1.29, 1.82) is 0 Å². The van der Waals surface area contributed by atoms with Crippen LogP contribution in [-0.2, 0) is 11.3 Å². The second-order valence-electron chi connectivity index (χ2n) is 9.16. The number of piperidine rings is 1. The summed E-state index contributed by atoms with van der Waals surface area (Å²) in [5.74, 6) is 1.17. The Bertz CT molecular complexity index is 1260. The molecule has 2 atom stereocenters. The van der Waals surface area contributed by atoms with E-state index >= 15 is 0 Å². The molecule has 6 heteroatoms. The average molecular weight is 467 g/mol. The quantitative estimate of drug-likeness (QED) is 0.407. The van der Waals surface area contributed by atoms with Gasteiger partial charge < -0.3 is 9.84 Å². The Hall–Kier alpha value is -3.77. The normalized spacial score (nSPS) is 17.1. The van der Waals surface area contributed by atoms with Crippen molar-refractivity contribution < 1.29 is 9.32 Å². The van der Waals surface area contributed by atoms with Crippen LogP contribution in [0.3, 0.4) is 0 Å². The van der Waals surface area contributed by atoms with Crippen LogP contribution < -0.4 is 5.32 Å². The summed E-state index contributed by atoms with van der Waals surface area (Å²) in [6.07, 6.45) is 1.83. The summed E-state index contributed by atoms with van der Waals surface area (Å²) in [7, 11) is 0. The van der Waals surface area contributed by atoms with Crippen molar-refractivity contribution in [2.45, 2.75) is 32.4 Å². The second-order valence-corrected chi connectivity index (χ2v) is 9.16. The van der Waals surface area contributed by atoms with Crippen molar-refractivity contribution in [2.24, 2.45) is 5.92 Å². The molecule has 0 spiro atoms. The fraction of sp³-hybridized carbons (Fsp3) is 0.276. The predicted molar refractivity (Wildman–Crippen MR) is 135 cm³/mol. The molecule has 0 bridgehead atoms. The molecule has 0 saturated carbocycles. The number of benzene rings is 3. The minimum absolute atomic E-state index is 0.0855. The average Bonchev–Trinajstić information content (AvgIpc) is 3.37. The molecule has 1 amide bonds. The standard InChI is InChI=1S/C29H30N4O2/c1-21-11-8-9-17-25(21)27(22-12-4-2-5-13-22)31-29(34)24-16-10-18-33(19-24)20-26-30-28(32-35-26)23-14-6-3-7-15-23/h2-9,11-15,17,24,27H,10,16,18-20H2,1H3,(H,31,34). The fourth-order valence-electron chi connectivity index (χ4n) is 4.78. The highest BCUT2D eigenvalue weighted by atomic mass is 16.5. The molecule has 6 nitrogen and oxygen atoms in total. The van der Waals surface area contributed by atoms with Gasteiger partial charge in [0.15, 0.2) is 0 Å². The lowest BCUT2D eigenvalue weighted by Gasteiger charge is -2.32. The van der Waals surface area contributed by atoms with Gasteiger partial charge in [-0.2, -0.15) is 4.98 Å². The Labute approximate surface area is 206 Å². The molecule has 3 aromatic carbocycles. The summed E-state index contributed by atoms with van der Waals surface area (Å²) in [5, 5.41) is 7.48. The van der Waals surface area contributed by atoms with Crippen molar-refractivity contribution in [3.05, 3.63) is 108 Å². The maximum atomic E-state index is 13.5. The number of aryl methyl sites for hydroxylation is 1. The molecule has 0 aliphatic carbocycles.